The number of rotatable bonds is 7. The van der Waals surface area contributed by atoms with E-state index in [2.05, 4.69) is 27.2 Å². The van der Waals surface area contributed by atoms with Crippen LogP contribution in [0, 0.1) is 0 Å². The third-order valence-corrected chi connectivity index (χ3v) is 6.42. The molecule has 0 atom stereocenters. The van der Waals surface area contributed by atoms with E-state index in [9.17, 15) is 4.79 Å². The molecule has 33 heavy (non-hydrogen) atoms. The molecule has 5 rings (SSSR count). The molecule has 1 N–H and O–H groups in total. The van der Waals surface area contributed by atoms with Crippen molar-refractivity contribution in [1.29, 1.82) is 0 Å². The Kier molecular flexibility index (Phi) is 6.41. The van der Waals surface area contributed by atoms with Crippen molar-refractivity contribution >= 4 is 28.3 Å². The van der Waals surface area contributed by atoms with Crippen LogP contribution in [0.1, 0.15) is 22.3 Å². The van der Waals surface area contributed by atoms with Crippen molar-refractivity contribution in [3.8, 4) is 5.75 Å². The van der Waals surface area contributed by atoms with Gasteiger partial charge in [0, 0.05) is 48.9 Å². The van der Waals surface area contributed by atoms with E-state index in [4.69, 9.17) is 14.5 Å². The minimum atomic E-state index is -0.0263. The number of nitrogens with one attached hydrogen (secondary N) is 1. The number of aromatic nitrogens is 1. The SMILES string of the molecule is COc1ccc2cc3c(nc2c1)N(c1ccc(C(=O)NCCCN2CCOCC2)cc1)CC3. The highest BCUT2D eigenvalue weighted by molar-refractivity contribution is 5.94. The molecule has 3 aromatic rings. The van der Waals surface area contributed by atoms with E-state index in [1.807, 2.05) is 36.4 Å². The normalized spacial score (nSPS) is 16.1. The van der Waals surface area contributed by atoms with Gasteiger partial charge >= 0.3 is 0 Å². The average Bonchev–Trinajstić information content (AvgIpc) is 3.28. The standard InChI is InChI=1S/C26H30N4O3/c1-32-23-8-5-20-17-21-9-12-30(25(21)28-24(20)18-23)22-6-3-19(4-7-22)26(31)27-10-2-11-29-13-15-33-16-14-29/h3-8,17-18H,2,9-16H2,1H3,(H,27,31). The number of pyridine rings is 1. The third-order valence-electron chi connectivity index (χ3n) is 6.42. The Balaban J connectivity index is 1.22. The van der Waals surface area contributed by atoms with Gasteiger partial charge in [0.1, 0.15) is 11.6 Å². The molecule has 1 saturated heterocycles. The van der Waals surface area contributed by atoms with Crippen molar-refractivity contribution in [2.24, 2.45) is 0 Å². The molecule has 0 aliphatic carbocycles. The van der Waals surface area contributed by atoms with Crippen LogP contribution in [0.4, 0.5) is 11.5 Å². The van der Waals surface area contributed by atoms with Gasteiger partial charge < -0.3 is 19.7 Å². The highest BCUT2D eigenvalue weighted by Gasteiger charge is 2.23. The third kappa shape index (κ3) is 4.79. The molecule has 0 bridgehead atoms. The molecule has 1 aromatic heterocycles. The van der Waals surface area contributed by atoms with Gasteiger partial charge in [0.2, 0.25) is 0 Å². The number of methoxy groups -OCH3 is 1. The Morgan fingerprint density at radius 1 is 1.09 bits per heavy atom. The molecular weight excluding hydrogens is 416 g/mol. The van der Waals surface area contributed by atoms with Crippen molar-refractivity contribution in [2.45, 2.75) is 12.8 Å². The number of carbonyl (C=O) groups excluding carboxylic acids is 1. The van der Waals surface area contributed by atoms with E-state index in [1.165, 1.54) is 5.56 Å². The summed E-state index contributed by atoms with van der Waals surface area (Å²) in [6.45, 7) is 6.12. The molecule has 0 spiro atoms. The van der Waals surface area contributed by atoms with Gasteiger partial charge in [-0.1, -0.05) is 0 Å². The number of ether oxygens (including phenoxy) is 2. The van der Waals surface area contributed by atoms with Gasteiger partial charge in [-0.2, -0.15) is 0 Å². The maximum atomic E-state index is 12.6. The first kappa shape index (κ1) is 21.7. The van der Waals surface area contributed by atoms with Crippen molar-refractivity contribution < 1.29 is 14.3 Å². The van der Waals surface area contributed by atoms with Crippen LogP contribution in [0.15, 0.2) is 48.5 Å². The predicted molar refractivity (Wildman–Crippen MR) is 130 cm³/mol. The summed E-state index contributed by atoms with van der Waals surface area (Å²) in [6, 6.07) is 16.0. The summed E-state index contributed by atoms with van der Waals surface area (Å²) in [5.41, 5.74) is 3.90. The number of hydrogen-bond acceptors (Lipinski definition) is 6. The summed E-state index contributed by atoms with van der Waals surface area (Å²) in [5, 5.41) is 4.16. The van der Waals surface area contributed by atoms with E-state index in [0.29, 0.717) is 12.1 Å². The maximum Gasteiger partial charge on any atom is 0.251 e. The quantitative estimate of drug-likeness (QED) is 0.561. The minimum Gasteiger partial charge on any atom is -0.497 e. The number of morpholine rings is 1. The van der Waals surface area contributed by atoms with E-state index in [0.717, 1.165) is 80.4 Å². The molecule has 2 aliphatic heterocycles. The Morgan fingerprint density at radius 3 is 2.70 bits per heavy atom. The number of carbonyl (C=O) groups is 1. The minimum absolute atomic E-state index is 0.0263. The number of benzene rings is 2. The highest BCUT2D eigenvalue weighted by Crippen LogP contribution is 2.35. The Morgan fingerprint density at radius 2 is 1.91 bits per heavy atom. The zero-order valence-electron chi connectivity index (χ0n) is 19.0. The second-order valence-corrected chi connectivity index (χ2v) is 8.54. The van der Waals surface area contributed by atoms with Gasteiger partial charge in [-0.15, -0.1) is 0 Å². The first-order valence-electron chi connectivity index (χ1n) is 11.6. The molecule has 3 heterocycles. The lowest BCUT2D eigenvalue weighted by atomic mass is 10.1. The highest BCUT2D eigenvalue weighted by atomic mass is 16.5. The second kappa shape index (κ2) is 9.77. The lowest BCUT2D eigenvalue weighted by Gasteiger charge is -2.26. The van der Waals surface area contributed by atoms with Crippen LogP contribution in [-0.4, -0.2) is 68.8 Å². The smallest absolute Gasteiger partial charge is 0.251 e. The molecule has 7 nitrogen and oxygen atoms in total. The molecule has 0 saturated carbocycles. The van der Waals surface area contributed by atoms with E-state index in [-0.39, 0.29) is 5.91 Å². The number of nitrogens with zero attached hydrogens (tertiary/aromatic N) is 3. The topological polar surface area (TPSA) is 66.9 Å². The number of fused-ring (bicyclic) bond motifs is 2. The number of amides is 1. The molecule has 2 aliphatic rings. The van der Waals surface area contributed by atoms with E-state index < -0.39 is 0 Å². The van der Waals surface area contributed by atoms with Gasteiger partial charge in [0.15, 0.2) is 0 Å². The first-order valence-corrected chi connectivity index (χ1v) is 11.6. The summed E-state index contributed by atoms with van der Waals surface area (Å²) in [5.74, 6) is 1.76. The Bertz CT molecular complexity index is 1130. The van der Waals surface area contributed by atoms with Gasteiger partial charge in [-0.25, -0.2) is 4.98 Å². The van der Waals surface area contributed by atoms with Crippen LogP contribution in [0.25, 0.3) is 10.9 Å². The molecule has 2 aromatic carbocycles. The van der Waals surface area contributed by atoms with Crippen LogP contribution >= 0.6 is 0 Å². The van der Waals surface area contributed by atoms with Crippen molar-refractivity contribution in [2.75, 3.05) is 57.9 Å². The monoisotopic (exact) mass is 446 g/mol. The average molecular weight is 447 g/mol. The zero-order valence-corrected chi connectivity index (χ0v) is 19.0. The fourth-order valence-corrected chi connectivity index (χ4v) is 4.54. The summed E-state index contributed by atoms with van der Waals surface area (Å²) < 4.78 is 10.7. The Hall–Kier alpha value is -3.16. The van der Waals surface area contributed by atoms with Crippen molar-refractivity contribution in [1.82, 2.24) is 15.2 Å². The largest absolute Gasteiger partial charge is 0.497 e. The van der Waals surface area contributed by atoms with E-state index in [1.54, 1.807) is 7.11 Å². The molecule has 0 unspecified atom stereocenters. The molecule has 0 radical (unpaired) electrons. The van der Waals surface area contributed by atoms with Crippen molar-refractivity contribution in [3.63, 3.8) is 0 Å². The lowest BCUT2D eigenvalue weighted by Crippen LogP contribution is -2.38. The van der Waals surface area contributed by atoms with Crippen LogP contribution in [0.5, 0.6) is 5.75 Å². The van der Waals surface area contributed by atoms with Gasteiger partial charge in [0.05, 0.1) is 25.8 Å². The number of anilines is 2. The predicted octanol–water partition coefficient (Wildman–Crippen LogP) is 3.39. The van der Waals surface area contributed by atoms with Gasteiger partial charge in [0.25, 0.3) is 5.91 Å². The summed E-state index contributed by atoms with van der Waals surface area (Å²) in [4.78, 5) is 22.1. The summed E-state index contributed by atoms with van der Waals surface area (Å²) in [6.07, 6.45) is 1.90. The van der Waals surface area contributed by atoms with Gasteiger partial charge in [-0.3, -0.25) is 9.69 Å². The van der Waals surface area contributed by atoms with Crippen molar-refractivity contribution in [3.05, 3.63) is 59.7 Å². The molecule has 1 fully saturated rings. The van der Waals surface area contributed by atoms with Gasteiger partial charge in [-0.05, 0) is 67.4 Å². The summed E-state index contributed by atoms with van der Waals surface area (Å²) in [7, 11) is 1.67. The van der Waals surface area contributed by atoms with Crippen LogP contribution in [0.3, 0.4) is 0 Å². The van der Waals surface area contributed by atoms with Crippen LogP contribution < -0.4 is 15.0 Å². The van der Waals surface area contributed by atoms with E-state index >= 15 is 0 Å². The summed E-state index contributed by atoms with van der Waals surface area (Å²) >= 11 is 0. The van der Waals surface area contributed by atoms with Crippen LogP contribution in [0.2, 0.25) is 0 Å². The molecule has 7 heteroatoms. The Labute approximate surface area is 194 Å². The van der Waals surface area contributed by atoms with Crippen LogP contribution in [-0.2, 0) is 11.2 Å². The molecule has 172 valence electrons. The lowest BCUT2D eigenvalue weighted by molar-refractivity contribution is 0.0374. The first-order chi connectivity index (χ1) is 16.2. The fraction of sp³-hybridized carbons (Fsp3) is 0.385. The second-order valence-electron chi connectivity index (χ2n) is 8.54. The number of hydrogen-bond donors (Lipinski definition) is 1. The zero-order chi connectivity index (χ0) is 22.6. The maximum absolute atomic E-state index is 12.6. The molecular formula is C26H30N4O3. The molecule has 1 amide bonds. The fourth-order valence-electron chi connectivity index (χ4n) is 4.54.